The average molecular weight is 238 g/mol. The van der Waals surface area contributed by atoms with Crippen LogP contribution in [0.25, 0.3) is 0 Å². The number of hydrogen-bond acceptors (Lipinski definition) is 3. The highest BCUT2D eigenvalue weighted by molar-refractivity contribution is 7.10. The summed E-state index contributed by atoms with van der Waals surface area (Å²) in [5.74, 6) is 5.80. The second kappa shape index (κ2) is 4.86. The van der Waals surface area contributed by atoms with Gasteiger partial charge in [-0.25, -0.2) is 0 Å². The Balaban J connectivity index is 2.24. The smallest absolute Gasteiger partial charge is 0.0524 e. The van der Waals surface area contributed by atoms with Crippen LogP contribution in [0, 0.1) is 12.3 Å². The van der Waals surface area contributed by atoms with Gasteiger partial charge in [-0.15, -0.1) is 11.3 Å². The number of hydrogen-bond donors (Lipinski definition) is 2. The SMILES string of the molecule is Cc1sccc1C(NN)C1(C)CCCCC1. The zero-order chi connectivity index (χ0) is 11.6. The van der Waals surface area contributed by atoms with E-state index in [0.29, 0.717) is 11.5 Å². The highest BCUT2D eigenvalue weighted by Gasteiger charge is 2.36. The van der Waals surface area contributed by atoms with Crippen molar-refractivity contribution in [3.8, 4) is 0 Å². The monoisotopic (exact) mass is 238 g/mol. The third kappa shape index (κ3) is 2.17. The van der Waals surface area contributed by atoms with E-state index < -0.39 is 0 Å². The van der Waals surface area contributed by atoms with Gasteiger partial charge in [-0.05, 0) is 42.2 Å². The summed E-state index contributed by atoms with van der Waals surface area (Å²) < 4.78 is 0. The molecule has 0 saturated heterocycles. The number of rotatable bonds is 3. The number of aryl methyl sites for hydroxylation is 1. The normalized spacial score (nSPS) is 21.9. The van der Waals surface area contributed by atoms with Gasteiger partial charge in [-0.1, -0.05) is 26.2 Å². The Labute approximate surface area is 102 Å². The first kappa shape index (κ1) is 12.1. The van der Waals surface area contributed by atoms with Gasteiger partial charge in [0.15, 0.2) is 0 Å². The maximum absolute atomic E-state index is 5.80. The van der Waals surface area contributed by atoms with E-state index in [9.17, 15) is 0 Å². The van der Waals surface area contributed by atoms with Gasteiger partial charge in [-0.3, -0.25) is 11.3 Å². The lowest BCUT2D eigenvalue weighted by molar-refractivity contribution is 0.145. The minimum atomic E-state index is 0.319. The standard InChI is InChI=1S/C13H22N2S/c1-10-11(6-9-16-10)12(15-14)13(2)7-4-3-5-8-13/h6,9,12,15H,3-5,7-8,14H2,1-2H3. The molecule has 90 valence electrons. The summed E-state index contributed by atoms with van der Waals surface area (Å²) >= 11 is 1.82. The molecule has 1 unspecified atom stereocenters. The molecule has 16 heavy (non-hydrogen) atoms. The van der Waals surface area contributed by atoms with Crippen LogP contribution in [0.3, 0.4) is 0 Å². The van der Waals surface area contributed by atoms with Gasteiger partial charge in [0.25, 0.3) is 0 Å². The number of hydrazine groups is 1. The van der Waals surface area contributed by atoms with Crippen LogP contribution in [0.2, 0.25) is 0 Å². The fraction of sp³-hybridized carbons (Fsp3) is 0.692. The van der Waals surface area contributed by atoms with Crippen LogP contribution < -0.4 is 11.3 Å². The van der Waals surface area contributed by atoms with Gasteiger partial charge in [0, 0.05) is 4.88 Å². The maximum Gasteiger partial charge on any atom is 0.0524 e. The highest BCUT2D eigenvalue weighted by Crippen LogP contribution is 2.46. The zero-order valence-corrected chi connectivity index (χ0v) is 11.1. The van der Waals surface area contributed by atoms with Crippen molar-refractivity contribution >= 4 is 11.3 Å². The van der Waals surface area contributed by atoms with Gasteiger partial charge in [-0.2, -0.15) is 0 Å². The third-order valence-corrected chi connectivity index (χ3v) is 4.93. The largest absolute Gasteiger partial charge is 0.271 e. The van der Waals surface area contributed by atoms with Crippen molar-refractivity contribution in [2.75, 3.05) is 0 Å². The Morgan fingerprint density at radius 3 is 2.56 bits per heavy atom. The van der Waals surface area contributed by atoms with Crippen molar-refractivity contribution in [2.45, 2.75) is 52.0 Å². The number of nitrogens with one attached hydrogen (secondary N) is 1. The number of thiophene rings is 1. The lowest BCUT2D eigenvalue weighted by atomic mass is 9.69. The molecule has 1 aliphatic carbocycles. The summed E-state index contributed by atoms with van der Waals surface area (Å²) in [6.45, 7) is 4.57. The zero-order valence-electron chi connectivity index (χ0n) is 10.3. The van der Waals surface area contributed by atoms with E-state index in [0.717, 1.165) is 0 Å². The van der Waals surface area contributed by atoms with Crippen LogP contribution in [-0.4, -0.2) is 0 Å². The Kier molecular flexibility index (Phi) is 3.67. The summed E-state index contributed by atoms with van der Waals surface area (Å²) in [6.07, 6.45) is 6.65. The lowest BCUT2D eigenvalue weighted by Gasteiger charge is -2.40. The number of nitrogens with two attached hydrogens (primary N) is 1. The molecule has 0 bridgehead atoms. The van der Waals surface area contributed by atoms with Crippen LogP contribution in [0.4, 0.5) is 0 Å². The van der Waals surface area contributed by atoms with E-state index in [1.54, 1.807) is 0 Å². The van der Waals surface area contributed by atoms with E-state index >= 15 is 0 Å². The van der Waals surface area contributed by atoms with Crippen molar-refractivity contribution in [3.05, 3.63) is 21.9 Å². The predicted octanol–water partition coefficient (Wildman–Crippen LogP) is 3.53. The molecule has 1 fully saturated rings. The lowest BCUT2D eigenvalue weighted by Crippen LogP contribution is -2.41. The molecule has 0 aliphatic heterocycles. The second-order valence-electron chi connectivity index (χ2n) is 5.25. The Bertz CT molecular complexity index is 339. The van der Waals surface area contributed by atoms with Gasteiger partial charge in [0.2, 0.25) is 0 Å². The summed E-state index contributed by atoms with van der Waals surface area (Å²) in [6, 6.07) is 2.55. The minimum absolute atomic E-state index is 0.319. The molecule has 1 aromatic heterocycles. The molecular formula is C13H22N2S. The van der Waals surface area contributed by atoms with Crippen LogP contribution >= 0.6 is 11.3 Å². The van der Waals surface area contributed by atoms with E-state index in [2.05, 4.69) is 30.7 Å². The van der Waals surface area contributed by atoms with Gasteiger partial charge in [0.1, 0.15) is 0 Å². The molecule has 1 saturated carbocycles. The molecular weight excluding hydrogens is 216 g/mol. The molecule has 0 aromatic carbocycles. The topological polar surface area (TPSA) is 38.0 Å². The van der Waals surface area contributed by atoms with E-state index in [1.807, 2.05) is 11.3 Å². The van der Waals surface area contributed by atoms with E-state index in [4.69, 9.17) is 5.84 Å². The summed E-state index contributed by atoms with van der Waals surface area (Å²) in [4.78, 5) is 1.40. The summed E-state index contributed by atoms with van der Waals surface area (Å²) in [5.41, 5.74) is 4.79. The molecule has 3 heteroatoms. The van der Waals surface area contributed by atoms with Crippen LogP contribution in [0.15, 0.2) is 11.4 Å². The van der Waals surface area contributed by atoms with Crippen LogP contribution in [0.5, 0.6) is 0 Å². The van der Waals surface area contributed by atoms with Crippen molar-refractivity contribution in [1.29, 1.82) is 0 Å². The Morgan fingerprint density at radius 1 is 1.38 bits per heavy atom. The highest BCUT2D eigenvalue weighted by atomic mass is 32.1. The molecule has 2 rings (SSSR count). The quantitative estimate of drug-likeness (QED) is 0.624. The molecule has 1 aliphatic rings. The molecule has 3 N–H and O–H groups in total. The maximum atomic E-state index is 5.80. The van der Waals surface area contributed by atoms with Crippen molar-refractivity contribution in [2.24, 2.45) is 11.3 Å². The molecule has 2 nitrogen and oxygen atoms in total. The van der Waals surface area contributed by atoms with Crippen LogP contribution in [-0.2, 0) is 0 Å². The Morgan fingerprint density at radius 2 is 2.06 bits per heavy atom. The van der Waals surface area contributed by atoms with E-state index in [1.165, 1.54) is 42.5 Å². The molecule has 1 aromatic rings. The predicted molar refractivity (Wildman–Crippen MR) is 70.3 cm³/mol. The summed E-state index contributed by atoms with van der Waals surface area (Å²) in [7, 11) is 0. The minimum Gasteiger partial charge on any atom is -0.271 e. The average Bonchev–Trinajstić information content (AvgIpc) is 2.67. The molecule has 1 heterocycles. The van der Waals surface area contributed by atoms with Crippen molar-refractivity contribution in [3.63, 3.8) is 0 Å². The Hall–Kier alpha value is -0.380. The summed E-state index contributed by atoms with van der Waals surface area (Å²) in [5, 5.41) is 2.17. The fourth-order valence-electron chi connectivity index (χ4n) is 3.01. The van der Waals surface area contributed by atoms with Crippen molar-refractivity contribution in [1.82, 2.24) is 5.43 Å². The molecule has 1 atom stereocenters. The van der Waals surface area contributed by atoms with Crippen molar-refractivity contribution < 1.29 is 0 Å². The third-order valence-electron chi connectivity index (χ3n) is 4.07. The molecule has 0 spiro atoms. The second-order valence-corrected chi connectivity index (χ2v) is 6.37. The first-order chi connectivity index (χ1) is 7.67. The van der Waals surface area contributed by atoms with Gasteiger partial charge >= 0.3 is 0 Å². The van der Waals surface area contributed by atoms with E-state index in [-0.39, 0.29) is 0 Å². The molecule has 0 radical (unpaired) electrons. The van der Waals surface area contributed by atoms with Gasteiger partial charge in [0.05, 0.1) is 6.04 Å². The van der Waals surface area contributed by atoms with Gasteiger partial charge < -0.3 is 0 Å². The first-order valence-electron chi connectivity index (χ1n) is 6.17. The molecule has 0 amide bonds. The fourth-order valence-corrected chi connectivity index (χ4v) is 3.75. The first-order valence-corrected chi connectivity index (χ1v) is 7.05. The van der Waals surface area contributed by atoms with Crippen LogP contribution in [0.1, 0.15) is 55.5 Å².